The summed E-state index contributed by atoms with van der Waals surface area (Å²) < 4.78 is 26.6. The largest absolute Gasteiger partial charge is 0.352 e. The molecule has 2 aromatic rings. The Kier molecular flexibility index (Phi) is 10.0. The summed E-state index contributed by atoms with van der Waals surface area (Å²) in [6, 6.07) is 9.38. The van der Waals surface area contributed by atoms with Crippen LogP contribution in [0.15, 0.2) is 36.4 Å². The number of hydrogen-bond donors (Lipinski definition) is 1. The van der Waals surface area contributed by atoms with Gasteiger partial charge in [-0.2, -0.15) is 0 Å². The molecular weight excluding hydrogens is 509 g/mol. The number of benzene rings is 2. The van der Waals surface area contributed by atoms with Gasteiger partial charge in [0, 0.05) is 28.2 Å². The molecule has 0 unspecified atom stereocenters. The average Bonchev–Trinajstić information content (AvgIpc) is 2.77. The van der Waals surface area contributed by atoms with Crippen LogP contribution in [0.3, 0.4) is 0 Å². The highest BCUT2D eigenvalue weighted by Gasteiger charge is 2.31. The molecule has 2 atom stereocenters. The molecule has 0 saturated heterocycles. The lowest BCUT2D eigenvalue weighted by molar-refractivity contribution is -0.139. The molecule has 0 aliphatic carbocycles. The van der Waals surface area contributed by atoms with E-state index in [1.54, 1.807) is 44.2 Å². The second-order valence-electron chi connectivity index (χ2n) is 8.78. The quantitative estimate of drug-likeness (QED) is 0.471. The molecule has 0 aliphatic heterocycles. The molecule has 0 radical (unpaired) electrons. The van der Waals surface area contributed by atoms with Crippen LogP contribution >= 0.6 is 23.2 Å². The summed E-state index contributed by atoms with van der Waals surface area (Å²) in [5.41, 5.74) is 2.45. The SMILES string of the molecule is CC[C@@H](C)NC(=O)[C@@H](C)N(Cc1c(Cl)cccc1Cl)C(=O)CN(c1cc(C)ccc1C)S(C)(=O)=O. The minimum atomic E-state index is -3.81. The van der Waals surface area contributed by atoms with E-state index in [-0.39, 0.29) is 18.5 Å². The monoisotopic (exact) mass is 541 g/mol. The van der Waals surface area contributed by atoms with Gasteiger partial charge >= 0.3 is 0 Å². The van der Waals surface area contributed by atoms with E-state index in [1.165, 1.54) is 4.90 Å². The Labute approximate surface area is 218 Å². The number of carbonyl (C=O) groups is 2. The van der Waals surface area contributed by atoms with Crippen molar-refractivity contribution in [1.29, 1.82) is 0 Å². The topological polar surface area (TPSA) is 86.8 Å². The number of carbonyl (C=O) groups excluding carboxylic acids is 2. The van der Waals surface area contributed by atoms with Gasteiger partial charge in [-0.05, 0) is 63.4 Å². The molecule has 0 aromatic heterocycles. The van der Waals surface area contributed by atoms with Crippen molar-refractivity contribution in [2.24, 2.45) is 0 Å². The van der Waals surface area contributed by atoms with Crippen molar-refractivity contribution in [2.45, 2.75) is 59.7 Å². The van der Waals surface area contributed by atoms with Gasteiger partial charge in [-0.3, -0.25) is 13.9 Å². The van der Waals surface area contributed by atoms with E-state index in [4.69, 9.17) is 23.2 Å². The molecule has 2 amide bonds. The van der Waals surface area contributed by atoms with Crippen LogP contribution in [-0.2, 0) is 26.2 Å². The van der Waals surface area contributed by atoms with E-state index in [2.05, 4.69) is 5.32 Å². The summed E-state index contributed by atoms with van der Waals surface area (Å²) in [5, 5.41) is 3.57. The minimum Gasteiger partial charge on any atom is -0.352 e. The molecule has 0 heterocycles. The number of anilines is 1. The van der Waals surface area contributed by atoms with E-state index >= 15 is 0 Å². The number of halogens is 2. The summed E-state index contributed by atoms with van der Waals surface area (Å²) in [5.74, 6) is -0.910. The zero-order valence-corrected chi connectivity index (χ0v) is 23.3. The first kappa shape index (κ1) is 28.9. The highest BCUT2D eigenvalue weighted by molar-refractivity contribution is 7.92. The van der Waals surface area contributed by atoms with Crippen molar-refractivity contribution in [3.8, 4) is 0 Å². The van der Waals surface area contributed by atoms with Gasteiger partial charge in [-0.1, -0.05) is 48.3 Å². The number of aryl methyl sites for hydroxylation is 2. The van der Waals surface area contributed by atoms with Crippen LogP contribution in [-0.4, -0.2) is 50.0 Å². The maximum atomic E-state index is 13.7. The molecule has 2 rings (SSSR count). The maximum Gasteiger partial charge on any atom is 0.244 e. The van der Waals surface area contributed by atoms with Crippen LogP contribution in [0, 0.1) is 13.8 Å². The van der Waals surface area contributed by atoms with Crippen molar-refractivity contribution in [2.75, 3.05) is 17.1 Å². The average molecular weight is 543 g/mol. The summed E-state index contributed by atoms with van der Waals surface area (Å²) in [6.07, 6.45) is 1.77. The molecule has 0 fully saturated rings. The fraction of sp³-hybridized carbons (Fsp3) is 0.440. The number of nitrogens with zero attached hydrogens (tertiary/aromatic N) is 2. The van der Waals surface area contributed by atoms with E-state index in [1.807, 2.05) is 26.8 Å². The van der Waals surface area contributed by atoms with Gasteiger partial charge < -0.3 is 10.2 Å². The van der Waals surface area contributed by atoms with Gasteiger partial charge in [-0.25, -0.2) is 8.42 Å². The van der Waals surface area contributed by atoms with Crippen LogP contribution in [0.5, 0.6) is 0 Å². The summed E-state index contributed by atoms with van der Waals surface area (Å²) in [4.78, 5) is 27.9. The molecule has 0 bridgehead atoms. The van der Waals surface area contributed by atoms with E-state index in [9.17, 15) is 18.0 Å². The van der Waals surface area contributed by atoms with Gasteiger partial charge in [0.25, 0.3) is 0 Å². The lowest BCUT2D eigenvalue weighted by atomic mass is 10.1. The van der Waals surface area contributed by atoms with Gasteiger partial charge in [-0.15, -0.1) is 0 Å². The fourth-order valence-corrected chi connectivity index (χ4v) is 4.90. The molecule has 10 heteroatoms. The fourth-order valence-electron chi connectivity index (χ4n) is 3.48. The molecule has 0 saturated carbocycles. The second kappa shape index (κ2) is 12.1. The van der Waals surface area contributed by atoms with E-state index in [0.717, 1.165) is 22.5 Å². The van der Waals surface area contributed by atoms with E-state index in [0.29, 0.717) is 26.9 Å². The first-order valence-corrected chi connectivity index (χ1v) is 13.9. The second-order valence-corrected chi connectivity index (χ2v) is 11.5. The van der Waals surface area contributed by atoms with Gasteiger partial charge in [0.05, 0.1) is 11.9 Å². The predicted octanol–water partition coefficient (Wildman–Crippen LogP) is 4.71. The van der Waals surface area contributed by atoms with Crippen molar-refractivity contribution in [1.82, 2.24) is 10.2 Å². The Hall–Kier alpha value is -2.29. The minimum absolute atomic E-state index is 0.0587. The number of amides is 2. The van der Waals surface area contributed by atoms with Gasteiger partial charge in [0.1, 0.15) is 12.6 Å². The third kappa shape index (κ3) is 7.59. The smallest absolute Gasteiger partial charge is 0.244 e. The van der Waals surface area contributed by atoms with Crippen molar-refractivity contribution in [3.63, 3.8) is 0 Å². The molecule has 0 spiro atoms. The van der Waals surface area contributed by atoms with Crippen LogP contribution in [0.4, 0.5) is 5.69 Å². The number of hydrogen-bond acceptors (Lipinski definition) is 4. The van der Waals surface area contributed by atoms with Crippen LogP contribution < -0.4 is 9.62 Å². The zero-order chi connectivity index (χ0) is 26.5. The lowest BCUT2D eigenvalue weighted by Crippen LogP contribution is -2.52. The molecule has 0 aliphatic rings. The Bertz CT molecular complexity index is 1170. The highest BCUT2D eigenvalue weighted by Crippen LogP contribution is 2.28. The Morgan fingerprint density at radius 3 is 2.20 bits per heavy atom. The van der Waals surface area contributed by atoms with Crippen molar-refractivity contribution in [3.05, 3.63) is 63.1 Å². The first-order valence-electron chi connectivity index (χ1n) is 11.3. The van der Waals surface area contributed by atoms with Crippen molar-refractivity contribution < 1.29 is 18.0 Å². The highest BCUT2D eigenvalue weighted by atomic mass is 35.5. The lowest BCUT2D eigenvalue weighted by Gasteiger charge is -2.32. The Morgan fingerprint density at radius 2 is 1.66 bits per heavy atom. The van der Waals surface area contributed by atoms with Gasteiger partial charge in [0.2, 0.25) is 21.8 Å². The zero-order valence-electron chi connectivity index (χ0n) is 20.9. The third-order valence-corrected chi connectivity index (χ3v) is 7.71. The third-order valence-electron chi connectivity index (χ3n) is 5.87. The molecule has 2 aromatic carbocycles. The van der Waals surface area contributed by atoms with Gasteiger partial charge in [0.15, 0.2) is 0 Å². The molecule has 192 valence electrons. The summed E-state index contributed by atoms with van der Waals surface area (Å²) in [7, 11) is -3.81. The molecular formula is C25H33Cl2N3O4S. The molecule has 7 nitrogen and oxygen atoms in total. The number of sulfonamides is 1. The van der Waals surface area contributed by atoms with Crippen molar-refractivity contribution >= 4 is 50.7 Å². The van der Waals surface area contributed by atoms with E-state index < -0.39 is 28.5 Å². The van der Waals surface area contributed by atoms with Crippen LogP contribution in [0.25, 0.3) is 0 Å². The summed E-state index contributed by atoms with van der Waals surface area (Å²) >= 11 is 12.7. The maximum absolute atomic E-state index is 13.7. The normalized spacial score (nSPS) is 13.1. The van der Waals surface area contributed by atoms with Crippen LogP contribution in [0.2, 0.25) is 10.0 Å². The number of nitrogens with one attached hydrogen (secondary N) is 1. The Morgan fingerprint density at radius 1 is 1.06 bits per heavy atom. The first-order chi connectivity index (χ1) is 16.3. The molecule has 35 heavy (non-hydrogen) atoms. The summed E-state index contributed by atoms with van der Waals surface area (Å²) in [6.45, 7) is 8.50. The molecule has 1 N–H and O–H groups in total. The van der Waals surface area contributed by atoms with Crippen LogP contribution in [0.1, 0.15) is 43.9 Å². The Balaban J connectivity index is 2.49. The predicted molar refractivity (Wildman–Crippen MR) is 142 cm³/mol. The standard InChI is InChI=1S/C25H33Cl2N3O4S/c1-7-18(4)28-25(32)19(5)29(14-20-21(26)9-8-10-22(20)27)24(31)15-30(35(6,33)34)23-13-16(2)11-12-17(23)3/h8-13,18-19H,7,14-15H2,1-6H3,(H,28,32)/t18-,19-/m1/s1. The number of rotatable bonds is 10.